The lowest BCUT2D eigenvalue weighted by molar-refractivity contribution is 0.0936. The lowest BCUT2D eigenvalue weighted by Gasteiger charge is -2.29. The normalized spacial score (nSPS) is 23.4. The van der Waals surface area contributed by atoms with Crippen molar-refractivity contribution in [1.29, 1.82) is 0 Å². The largest absolute Gasteiger partial charge is 0.472 e. The summed E-state index contributed by atoms with van der Waals surface area (Å²) in [4.78, 5) is 0. The van der Waals surface area contributed by atoms with E-state index in [1.807, 2.05) is 24.3 Å². The molecule has 0 saturated heterocycles. The summed E-state index contributed by atoms with van der Waals surface area (Å²) in [6.07, 6.45) is 6.13. The maximum atomic E-state index is 10.4. The Labute approximate surface area is 101 Å². The minimum atomic E-state index is -0.338. The number of aliphatic hydroxyl groups excluding tert-OH is 1. The van der Waals surface area contributed by atoms with Gasteiger partial charge in [-0.25, -0.2) is 0 Å². The lowest BCUT2D eigenvalue weighted by Crippen LogP contribution is -2.22. The molecular formula is C15H16O2. The maximum absolute atomic E-state index is 10.4. The van der Waals surface area contributed by atoms with Crippen molar-refractivity contribution in [3.05, 3.63) is 59.5 Å². The van der Waals surface area contributed by atoms with Crippen LogP contribution in [-0.2, 0) is 12.8 Å². The number of hydrogen-bond acceptors (Lipinski definition) is 2. The average molecular weight is 228 g/mol. The quantitative estimate of drug-likeness (QED) is 0.856. The molecule has 17 heavy (non-hydrogen) atoms. The van der Waals surface area contributed by atoms with Gasteiger partial charge >= 0.3 is 0 Å². The summed E-state index contributed by atoms with van der Waals surface area (Å²) in [6, 6.07) is 10.2. The van der Waals surface area contributed by atoms with Gasteiger partial charge in [-0.1, -0.05) is 24.3 Å². The van der Waals surface area contributed by atoms with E-state index in [1.165, 1.54) is 11.1 Å². The molecule has 1 heterocycles. The topological polar surface area (TPSA) is 33.4 Å². The Morgan fingerprint density at radius 2 is 2.12 bits per heavy atom. The van der Waals surface area contributed by atoms with Crippen molar-refractivity contribution in [2.45, 2.75) is 25.4 Å². The Balaban J connectivity index is 1.82. The van der Waals surface area contributed by atoms with Crippen LogP contribution in [0.4, 0.5) is 0 Å². The van der Waals surface area contributed by atoms with Gasteiger partial charge in [-0.3, -0.25) is 0 Å². The van der Waals surface area contributed by atoms with E-state index >= 15 is 0 Å². The third-order valence-electron chi connectivity index (χ3n) is 3.68. The molecule has 2 unspecified atom stereocenters. The van der Waals surface area contributed by atoms with Gasteiger partial charge in [-0.15, -0.1) is 0 Å². The highest BCUT2D eigenvalue weighted by Crippen LogP contribution is 2.36. The minimum Gasteiger partial charge on any atom is -0.472 e. The Hall–Kier alpha value is -1.54. The Morgan fingerprint density at radius 3 is 2.94 bits per heavy atom. The SMILES string of the molecule is OC1c2ccccc2CCC1Cc1ccoc1. The van der Waals surface area contributed by atoms with Crippen molar-refractivity contribution < 1.29 is 9.52 Å². The highest BCUT2D eigenvalue weighted by Gasteiger charge is 2.27. The number of benzene rings is 1. The van der Waals surface area contributed by atoms with Crippen LogP contribution in [0, 0.1) is 5.92 Å². The van der Waals surface area contributed by atoms with E-state index < -0.39 is 0 Å². The standard InChI is InChI=1S/C15H16O2/c16-15-13(9-11-7-8-17-10-11)6-5-12-3-1-2-4-14(12)15/h1-4,7-8,10,13,15-16H,5-6,9H2. The number of aliphatic hydroxyl groups is 1. The molecule has 2 nitrogen and oxygen atoms in total. The van der Waals surface area contributed by atoms with Crippen molar-refractivity contribution in [2.24, 2.45) is 5.92 Å². The summed E-state index contributed by atoms with van der Waals surface area (Å²) in [5, 5.41) is 10.4. The summed E-state index contributed by atoms with van der Waals surface area (Å²) >= 11 is 0. The minimum absolute atomic E-state index is 0.308. The zero-order valence-corrected chi connectivity index (χ0v) is 9.67. The third-order valence-corrected chi connectivity index (χ3v) is 3.68. The van der Waals surface area contributed by atoms with Crippen LogP contribution in [0.5, 0.6) is 0 Å². The van der Waals surface area contributed by atoms with Crippen LogP contribution < -0.4 is 0 Å². The summed E-state index contributed by atoms with van der Waals surface area (Å²) < 4.78 is 5.08. The molecule has 1 aromatic carbocycles. The van der Waals surface area contributed by atoms with Crippen molar-refractivity contribution in [3.63, 3.8) is 0 Å². The molecule has 0 bridgehead atoms. The van der Waals surface area contributed by atoms with Gasteiger partial charge in [0, 0.05) is 0 Å². The fourth-order valence-electron chi connectivity index (χ4n) is 2.73. The Morgan fingerprint density at radius 1 is 1.24 bits per heavy atom. The molecular weight excluding hydrogens is 212 g/mol. The van der Waals surface area contributed by atoms with Crippen molar-refractivity contribution in [2.75, 3.05) is 0 Å². The van der Waals surface area contributed by atoms with Crippen LogP contribution in [-0.4, -0.2) is 5.11 Å². The number of fused-ring (bicyclic) bond motifs is 1. The molecule has 0 radical (unpaired) electrons. The van der Waals surface area contributed by atoms with Gasteiger partial charge in [0.15, 0.2) is 0 Å². The van der Waals surface area contributed by atoms with Gasteiger partial charge in [-0.2, -0.15) is 0 Å². The molecule has 88 valence electrons. The second kappa shape index (κ2) is 4.38. The smallest absolute Gasteiger partial charge is 0.0934 e. The number of aryl methyl sites for hydroxylation is 1. The van der Waals surface area contributed by atoms with E-state index in [2.05, 4.69) is 6.07 Å². The molecule has 0 fully saturated rings. The fourth-order valence-corrected chi connectivity index (χ4v) is 2.73. The van der Waals surface area contributed by atoms with Crippen LogP contribution in [0.1, 0.15) is 29.2 Å². The zero-order valence-electron chi connectivity index (χ0n) is 9.67. The first-order valence-electron chi connectivity index (χ1n) is 6.11. The van der Waals surface area contributed by atoms with E-state index in [-0.39, 0.29) is 6.10 Å². The molecule has 2 heteroatoms. The first kappa shape index (κ1) is 10.6. The lowest BCUT2D eigenvalue weighted by atomic mass is 9.79. The molecule has 1 aliphatic rings. The van der Waals surface area contributed by atoms with Gasteiger partial charge in [-0.05, 0) is 47.9 Å². The van der Waals surface area contributed by atoms with Gasteiger partial charge < -0.3 is 9.52 Å². The molecule has 0 amide bonds. The van der Waals surface area contributed by atoms with Crippen molar-refractivity contribution in [3.8, 4) is 0 Å². The van der Waals surface area contributed by atoms with E-state index in [9.17, 15) is 5.11 Å². The first-order valence-corrected chi connectivity index (χ1v) is 6.11. The molecule has 0 saturated carbocycles. The molecule has 1 N–H and O–H groups in total. The van der Waals surface area contributed by atoms with Gasteiger partial charge in [0.05, 0.1) is 18.6 Å². The maximum Gasteiger partial charge on any atom is 0.0934 e. The Kier molecular flexibility index (Phi) is 2.73. The second-order valence-electron chi connectivity index (χ2n) is 4.78. The zero-order chi connectivity index (χ0) is 11.7. The first-order chi connectivity index (χ1) is 8.34. The highest BCUT2D eigenvalue weighted by molar-refractivity contribution is 5.32. The van der Waals surface area contributed by atoms with Gasteiger partial charge in [0.2, 0.25) is 0 Å². The molecule has 2 atom stereocenters. The predicted octanol–water partition coefficient (Wildman–Crippen LogP) is 3.12. The number of furan rings is 1. The van der Waals surface area contributed by atoms with E-state index in [4.69, 9.17) is 4.42 Å². The molecule has 1 aliphatic carbocycles. The fraction of sp³-hybridized carbons (Fsp3) is 0.333. The average Bonchev–Trinajstić information content (AvgIpc) is 2.86. The van der Waals surface area contributed by atoms with Crippen LogP contribution in [0.3, 0.4) is 0 Å². The summed E-state index contributed by atoms with van der Waals surface area (Å²) in [5.41, 5.74) is 3.57. The van der Waals surface area contributed by atoms with Gasteiger partial charge in [0.1, 0.15) is 0 Å². The number of rotatable bonds is 2. The van der Waals surface area contributed by atoms with Crippen LogP contribution in [0.25, 0.3) is 0 Å². The monoisotopic (exact) mass is 228 g/mol. The molecule has 0 spiro atoms. The van der Waals surface area contributed by atoms with Crippen LogP contribution in [0.2, 0.25) is 0 Å². The second-order valence-corrected chi connectivity index (χ2v) is 4.78. The molecule has 0 aliphatic heterocycles. The highest BCUT2D eigenvalue weighted by atomic mass is 16.3. The van der Waals surface area contributed by atoms with E-state index in [0.717, 1.165) is 24.8 Å². The molecule has 1 aromatic heterocycles. The third kappa shape index (κ3) is 2.01. The number of hydrogen-bond donors (Lipinski definition) is 1. The summed E-state index contributed by atoms with van der Waals surface area (Å²) in [6.45, 7) is 0. The van der Waals surface area contributed by atoms with Crippen molar-refractivity contribution in [1.82, 2.24) is 0 Å². The Bertz CT molecular complexity index is 487. The van der Waals surface area contributed by atoms with Crippen molar-refractivity contribution >= 4 is 0 Å². The van der Waals surface area contributed by atoms with Gasteiger partial charge in [0.25, 0.3) is 0 Å². The predicted molar refractivity (Wildman–Crippen MR) is 65.6 cm³/mol. The van der Waals surface area contributed by atoms with Crippen LogP contribution >= 0.6 is 0 Å². The summed E-state index contributed by atoms with van der Waals surface area (Å²) in [7, 11) is 0. The molecule has 2 aromatic rings. The molecule has 3 rings (SSSR count). The van der Waals surface area contributed by atoms with E-state index in [0.29, 0.717) is 5.92 Å². The van der Waals surface area contributed by atoms with Crippen LogP contribution in [0.15, 0.2) is 47.3 Å². The summed E-state index contributed by atoms with van der Waals surface area (Å²) in [5.74, 6) is 0.308. The van der Waals surface area contributed by atoms with E-state index in [1.54, 1.807) is 12.5 Å².